The highest BCUT2D eigenvalue weighted by atomic mass is 16.5. The Morgan fingerprint density at radius 2 is 2.11 bits per heavy atom. The van der Waals surface area contributed by atoms with Crippen LogP contribution in [0, 0.1) is 0 Å². The van der Waals surface area contributed by atoms with Crippen LogP contribution in [0.25, 0.3) is 0 Å². The van der Waals surface area contributed by atoms with E-state index in [1.807, 2.05) is 49.3 Å². The number of benzene rings is 2. The molecular formula is C15H15BO3. The van der Waals surface area contributed by atoms with E-state index in [-0.39, 0.29) is 13.5 Å². The van der Waals surface area contributed by atoms with Crippen molar-refractivity contribution in [3.63, 3.8) is 0 Å². The third-order valence-electron chi connectivity index (χ3n) is 3.41. The Morgan fingerprint density at radius 3 is 2.95 bits per heavy atom. The largest absolute Gasteiger partial charge is 0.457 e. The van der Waals surface area contributed by atoms with E-state index < -0.39 is 0 Å². The lowest BCUT2D eigenvalue weighted by atomic mass is 9.64. The summed E-state index contributed by atoms with van der Waals surface area (Å²) in [6, 6.07) is 13.5. The topological polar surface area (TPSA) is 38.7 Å². The molecule has 96 valence electrons. The van der Waals surface area contributed by atoms with Crippen LogP contribution in [-0.4, -0.2) is 12.0 Å². The fraction of sp³-hybridized carbons (Fsp3) is 0.200. The lowest BCUT2D eigenvalue weighted by Crippen LogP contribution is -2.23. The number of hydrogen-bond donors (Lipinski definition) is 1. The Morgan fingerprint density at radius 1 is 1.26 bits per heavy atom. The average molecular weight is 254 g/mol. The van der Waals surface area contributed by atoms with Crippen LogP contribution in [0.3, 0.4) is 0 Å². The van der Waals surface area contributed by atoms with Gasteiger partial charge in [0.1, 0.15) is 11.5 Å². The number of fused-ring (bicyclic) bond motifs is 1. The number of aliphatic hydroxyl groups is 1. The van der Waals surface area contributed by atoms with Crippen molar-refractivity contribution >= 4 is 12.4 Å². The predicted octanol–water partition coefficient (Wildman–Crippen LogP) is 2.33. The van der Waals surface area contributed by atoms with Crippen molar-refractivity contribution in [1.29, 1.82) is 0 Å². The van der Waals surface area contributed by atoms with Crippen LogP contribution in [0.2, 0.25) is 6.82 Å². The van der Waals surface area contributed by atoms with Crippen LogP contribution in [0.15, 0.2) is 42.5 Å². The van der Waals surface area contributed by atoms with Gasteiger partial charge in [-0.15, -0.1) is 0 Å². The van der Waals surface area contributed by atoms with Gasteiger partial charge in [-0.1, -0.05) is 31.1 Å². The molecule has 0 aliphatic carbocycles. The zero-order valence-electron chi connectivity index (χ0n) is 10.8. The quantitative estimate of drug-likeness (QED) is 0.854. The highest BCUT2D eigenvalue weighted by Gasteiger charge is 2.23. The van der Waals surface area contributed by atoms with Gasteiger partial charge in [0.25, 0.3) is 0 Å². The number of ether oxygens (including phenoxy) is 1. The molecule has 1 aliphatic heterocycles. The summed E-state index contributed by atoms with van der Waals surface area (Å²) in [7, 11) is 0. The SMILES string of the molecule is CB1OCc2cc(Oc3ccccc3CO)ccc21. The van der Waals surface area contributed by atoms with Gasteiger partial charge in [0.05, 0.1) is 13.2 Å². The lowest BCUT2D eigenvalue weighted by Gasteiger charge is -2.10. The van der Waals surface area contributed by atoms with Gasteiger partial charge in [0, 0.05) is 5.56 Å². The van der Waals surface area contributed by atoms with Gasteiger partial charge in [-0.2, -0.15) is 0 Å². The number of hydrogen-bond acceptors (Lipinski definition) is 3. The monoisotopic (exact) mass is 254 g/mol. The van der Waals surface area contributed by atoms with E-state index in [0.717, 1.165) is 11.3 Å². The Kier molecular flexibility index (Phi) is 3.28. The third kappa shape index (κ3) is 2.37. The lowest BCUT2D eigenvalue weighted by molar-refractivity contribution is 0.276. The summed E-state index contributed by atoms with van der Waals surface area (Å²) in [5.74, 6) is 1.47. The van der Waals surface area contributed by atoms with Crippen molar-refractivity contribution < 1.29 is 14.5 Å². The molecule has 3 nitrogen and oxygen atoms in total. The second-order valence-corrected chi connectivity index (χ2v) is 4.68. The molecule has 2 aromatic carbocycles. The molecule has 0 saturated heterocycles. The molecule has 0 bridgehead atoms. The molecule has 0 spiro atoms. The van der Waals surface area contributed by atoms with Crippen molar-refractivity contribution in [3.05, 3.63) is 53.6 Å². The van der Waals surface area contributed by atoms with Crippen molar-refractivity contribution in [2.24, 2.45) is 0 Å². The van der Waals surface area contributed by atoms with Gasteiger partial charge < -0.3 is 14.5 Å². The molecule has 19 heavy (non-hydrogen) atoms. The maximum Gasteiger partial charge on any atom is 0.324 e. The molecule has 4 heteroatoms. The minimum atomic E-state index is -0.0265. The molecule has 0 saturated carbocycles. The van der Waals surface area contributed by atoms with Crippen LogP contribution in [0.5, 0.6) is 11.5 Å². The zero-order valence-corrected chi connectivity index (χ0v) is 10.8. The zero-order chi connectivity index (χ0) is 13.2. The highest BCUT2D eigenvalue weighted by molar-refractivity contribution is 6.67. The maximum absolute atomic E-state index is 9.29. The van der Waals surface area contributed by atoms with E-state index in [4.69, 9.17) is 9.39 Å². The van der Waals surface area contributed by atoms with Crippen molar-refractivity contribution in [3.8, 4) is 11.5 Å². The van der Waals surface area contributed by atoms with Gasteiger partial charge in [0.2, 0.25) is 0 Å². The normalized spacial score (nSPS) is 13.5. The van der Waals surface area contributed by atoms with Crippen molar-refractivity contribution in [2.75, 3.05) is 0 Å². The van der Waals surface area contributed by atoms with E-state index in [2.05, 4.69) is 0 Å². The second kappa shape index (κ2) is 5.07. The fourth-order valence-corrected chi connectivity index (χ4v) is 2.33. The first-order valence-corrected chi connectivity index (χ1v) is 6.39. The van der Waals surface area contributed by atoms with Crippen molar-refractivity contribution in [1.82, 2.24) is 0 Å². The molecule has 3 rings (SSSR count). The standard InChI is InChI=1S/C15H15BO3/c1-16-14-7-6-13(8-12(14)10-18-16)19-15-5-3-2-4-11(15)9-17/h2-8,17H,9-10H2,1H3. The summed E-state index contributed by atoms with van der Waals surface area (Å²) in [6.45, 7) is 2.82. The number of rotatable bonds is 3. The smallest absolute Gasteiger partial charge is 0.324 e. The van der Waals surface area contributed by atoms with Gasteiger partial charge in [-0.05, 0) is 29.2 Å². The summed E-state index contributed by atoms with van der Waals surface area (Å²) in [5.41, 5.74) is 3.18. The molecule has 0 radical (unpaired) electrons. The van der Waals surface area contributed by atoms with Gasteiger partial charge in [-0.3, -0.25) is 0 Å². The predicted molar refractivity (Wildman–Crippen MR) is 74.9 cm³/mol. The third-order valence-corrected chi connectivity index (χ3v) is 3.41. The summed E-state index contributed by atoms with van der Waals surface area (Å²) >= 11 is 0. The highest BCUT2D eigenvalue weighted by Crippen LogP contribution is 2.26. The second-order valence-electron chi connectivity index (χ2n) is 4.68. The summed E-state index contributed by atoms with van der Waals surface area (Å²) in [6.07, 6.45) is 0. The van der Waals surface area contributed by atoms with Gasteiger partial charge >= 0.3 is 6.92 Å². The molecule has 0 unspecified atom stereocenters. The van der Waals surface area contributed by atoms with Gasteiger partial charge in [-0.25, -0.2) is 0 Å². The molecule has 1 N–H and O–H groups in total. The number of para-hydroxylation sites is 1. The fourth-order valence-electron chi connectivity index (χ4n) is 2.33. The van der Waals surface area contributed by atoms with Crippen LogP contribution in [0.4, 0.5) is 0 Å². The van der Waals surface area contributed by atoms with Crippen LogP contribution < -0.4 is 10.2 Å². The van der Waals surface area contributed by atoms with E-state index in [0.29, 0.717) is 12.4 Å². The van der Waals surface area contributed by atoms with E-state index in [1.165, 1.54) is 11.0 Å². The molecule has 0 amide bonds. The molecule has 0 aromatic heterocycles. The van der Waals surface area contributed by atoms with Crippen LogP contribution >= 0.6 is 0 Å². The number of aliphatic hydroxyl groups excluding tert-OH is 1. The first-order chi connectivity index (χ1) is 9.28. The van der Waals surface area contributed by atoms with Gasteiger partial charge in [0.15, 0.2) is 0 Å². The Hall–Kier alpha value is -1.78. The Balaban J connectivity index is 1.88. The molecule has 1 aliphatic rings. The van der Waals surface area contributed by atoms with Crippen molar-refractivity contribution in [2.45, 2.75) is 20.0 Å². The average Bonchev–Trinajstić information content (AvgIpc) is 2.81. The molecule has 0 fully saturated rings. The summed E-state index contributed by atoms with van der Waals surface area (Å²) in [4.78, 5) is 0. The molecule has 1 heterocycles. The van der Waals surface area contributed by atoms with Crippen LogP contribution in [-0.2, 0) is 17.9 Å². The minimum Gasteiger partial charge on any atom is -0.457 e. The minimum absolute atomic E-state index is 0.0265. The Bertz CT molecular complexity index is 598. The summed E-state index contributed by atoms with van der Waals surface area (Å²) in [5, 5.41) is 9.29. The first-order valence-electron chi connectivity index (χ1n) is 6.39. The van der Waals surface area contributed by atoms with Crippen LogP contribution in [0.1, 0.15) is 11.1 Å². The van der Waals surface area contributed by atoms with E-state index in [9.17, 15) is 5.11 Å². The first kappa shape index (κ1) is 12.3. The summed E-state index contributed by atoms with van der Waals surface area (Å²) < 4.78 is 11.4. The van der Waals surface area contributed by atoms with E-state index >= 15 is 0 Å². The molecule has 0 atom stereocenters. The van der Waals surface area contributed by atoms with E-state index in [1.54, 1.807) is 0 Å². The Labute approximate surface area is 112 Å². The maximum atomic E-state index is 9.29. The molecular weight excluding hydrogens is 239 g/mol. The molecule has 2 aromatic rings.